The number of pyridine rings is 1. The van der Waals surface area contributed by atoms with E-state index in [1.807, 2.05) is 42.2 Å². The Kier molecular flexibility index (Phi) is 4.76. The summed E-state index contributed by atoms with van der Waals surface area (Å²) in [6.45, 7) is 5.86. The van der Waals surface area contributed by atoms with Crippen LogP contribution in [0, 0.1) is 0 Å². The number of nitrogens with zero attached hydrogens (tertiary/aromatic N) is 2. The summed E-state index contributed by atoms with van der Waals surface area (Å²) in [7, 11) is 0. The molecule has 0 radical (unpaired) electrons. The van der Waals surface area contributed by atoms with E-state index in [0.29, 0.717) is 19.6 Å². The lowest BCUT2D eigenvalue weighted by Gasteiger charge is -2.36. The smallest absolute Gasteiger partial charge is 0.317 e. The number of ether oxygens (including phenoxy) is 1. The van der Waals surface area contributed by atoms with Gasteiger partial charge in [0.2, 0.25) is 0 Å². The lowest BCUT2D eigenvalue weighted by molar-refractivity contribution is -0.0646. The number of nitrogens with one attached hydrogen (secondary N) is 1. The fourth-order valence-electron chi connectivity index (χ4n) is 3.03. The third-order valence-corrected chi connectivity index (χ3v) is 4.22. The van der Waals surface area contributed by atoms with E-state index in [1.54, 1.807) is 6.20 Å². The fraction of sp³-hybridized carbons (Fsp3) is 0.444. The number of fused-ring (bicyclic) bond motifs is 1. The molecule has 1 fully saturated rings. The zero-order valence-electron chi connectivity index (χ0n) is 13.7. The highest BCUT2D eigenvalue weighted by Gasteiger charge is 2.27. The molecule has 122 valence electrons. The Morgan fingerprint density at radius 2 is 2.17 bits per heavy atom. The van der Waals surface area contributed by atoms with Gasteiger partial charge in [0, 0.05) is 31.2 Å². The van der Waals surface area contributed by atoms with Gasteiger partial charge < -0.3 is 15.0 Å². The summed E-state index contributed by atoms with van der Waals surface area (Å²) in [4.78, 5) is 18.7. The van der Waals surface area contributed by atoms with Gasteiger partial charge in [-0.2, -0.15) is 0 Å². The van der Waals surface area contributed by atoms with Crippen LogP contribution in [0.4, 0.5) is 4.79 Å². The van der Waals surface area contributed by atoms with Crippen LogP contribution in [-0.4, -0.2) is 41.2 Å². The van der Waals surface area contributed by atoms with E-state index in [0.717, 1.165) is 22.9 Å². The lowest BCUT2D eigenvalue weighted by Crippen LogP contribution is -2.52. The second-order valence-electron chi connectivity index (χ2n) is 6.03. The highest BCUT2D eigenvalue weighted by Crippen LogP contribution is 2.17. The van der Waals surface area contributed by atoms with Crippen molar-refractivity contribution in [3.05, 3.63) is 42.1 Å². The predicted molar refractivity (Wildman–Crippen MR) is 90.2 cm³/mol. The zero-order chi connectivity index (χ0) is 16.2. The molecule has 1 N–H and O–H groups in total. The van der Waals surface area contributed by atoms with Gasteiger partial charge in [0.15, 0.2) is 0 Å². The van der Waals surface area contributed by atoms with Gasteiger partial charge in [-0.25, -0.2) is 4.79 Å². The number of hydrogen-bond acceptors (Lipinski definition) is 3. The fourth-order valence-corrected chi connectivity index (χ4v) is 3.03. The number of hydrogen-bond donors (Lipinski definition) is 1. The first-order valence-electron chi connectivity index (χ1n) is 8.18. The predicted octanol–water partition coefficient (Wildman–Crippen LogP) is 2.94. The summed E-state index contributed by atoms with van der Waals surface area (Å²) in [6, 6.07) is 9.95. The van der Waals surface area contributed by atoms with E-state index < -0.39 is 0 Å². The third kappa shape index (κ3) is 3.62. The van der Waals surface area contributed by atoms with Crippen molar-refractivity contribution < 1.29 is 9.53 Å². The summed E-state index contributed by atoms with van der Waals surface area (Å²) >= 11 is 0. The molecule has 1 aromatic carbocycles. The molecule has 1 aliphatic rings. The maximum absolute atomic E-state index is 12.5. The Morgan fingerprint density at radius 3 is 3.00 bits per heavy atom. The van der Waals surface area contributed by atoms with Crippen LogP contribution in [0.1, 0.15) is 25.8 Å². The number of morpholine rings is 1. The van der Waals surface area contributed by atoms with Gasteiger partial charge in [0.25, 0.3) is 0 Å². The summed E-state index contributed by atoms with van der Waals surface area (Å²) in [5.41, 5.74) is 1.97. The Hall–Kier alpha value is -2.14. The average Bonchev–Trinajstić information content (AvgIpc) is 2.59. The monoisotopic (exact) mass is 313 g/mol. The summed E-state index contributed by atoms with van der Waals surface area (Å²) < 4.78 is 5.80. The van der Waals surface area contributed by atoms with Crippen LogP contribution in [0.25, 0.3) is 10.9 Å². The quantitative estimate of drug-likeness (QED) is 0.948. The molecule has 2 atom stereocenters. The van der Waals surface area contributed by atoms with Crippen molar-refractivity contribution in [2.75, 3.05) is 13.1 Å². The van der Waals surface area contributed by atoms with E-state index in [9.17, 15) is 4.79 Å². The average molecular weight is 313 g/mol. The van der Waals surface area contributed by atoms with Crippen molar-refractivity contribution in [3.8, 4) is 0 Å². The third-order valence-electron chi connectivity index (χ3n) is 4.22. The minimum absolute atomic E-state index is 0.0356. The molecule has 0 saturated carbocycles. The Bertz CT molecular complexity index is 684. The van der Waals surface area contributed by atoms with Gasteiger partial charge in [0.1, 0.15) is 0 Å². The van der Waals surface area contributed by atoms with Gasteiger partial charge in [-0.3, -0.25) is 4.98 Å². The number of rotatable bonds is 3. The molecule has 0 bridgehead atoms. The number of benzene rings is 1. The molecule has 3 rings (SSSR count). The minimum atomic E-state index is -0.0356. The molecule has 0 aliphatic carbocycles. The molecule has 5 nitrogen and oxygen atoms in total. The molecular weight excluding hydrogens is 290 g/mol. The molecular formula is C18H23N3O2. The first-order chi connectivity index (χ1) is 11.2. The number of carbonyl (C=O) groups is 1. The van der Waals surface area contributed by atoms with E-state index in [1.165, 1.54) is 0 Å². The topological polar surface area (TPSA) is 54.5 Å². The number of amides is 2. The molecule has 2 amide bonds. The number of urea groups is 1. The molecule has 23 heavy (non-hydrogen) atoms. The highest BCUT2D eigenvalue weighted by molar-refractivity contribution is 5.82. The molecule has 2 heterocycles. The summed E-state index contributed by atoms with van der Waals surface area (Å²) in [5, 5.41) is 4.11. The van der Waals surface area contributed by atoms with Crippen molar-refractivity contribution in [2.45, 2.75) is 39.0 Å². The van der Waals surface area contributed by atoms with Gasteiger partial charge in [-0.1, -0.05) is 31.2 Å². The van der Waals surface area contributed by atoms with Gasteiger partial charge >= 0.3 is 6.03 Å². The number of para-hydroxylation sites is 1. The Labute approximate surface area is 136 Å². The van der Waals surface area contributed by atoms with Gasteiger partial charge in [-0.15, -0.1) is 0 Å². The van der Waals surface area contributed by atoms with Crippen LogP contribution in [0.15, 0.2) is 36.5 Å². The van der Waals surface area contributed by atoms with Crippen molar-refractivity contribution in [3.63, 3.8) is 0 Å². The first kappa shape index (κ1) is 15.7. The molecule has 5 heteroatoms. The van der Waals surface area contributed by atoms with Gasteiger partial charge in [0.05, 0.1) is 17.7 Å². The minimum Gasteiger partial charge on any atom is -0.372 e. The molecule has 0 unspecified atom stereocenters. The standard InChI is InChI=1S/C18H23N3O2/c1-3-16-12-21(11-13(2)23-16)18(22)20-10-15-7-4-6-14-8-5-9-19-17(14)15/h4-9,13,16H,3,10-12H2,1-2H3,(H,20,22)/t13-,16-/m0/s1. The van der Waals surface area contributed by atoms with Gasteiger partial charge in [-0.05, 0) is 25.0 Å². The normalized spacial score (nSPS) is 21.4. The lowest BCUT2D eigenvalue weighted by atomic mass is 10.1. The largest absolute Gasteiger partial charge is 0.372 e. The molecule has 1 saturated heterocycles. The number of carbonyl (C=O) groups excluding carboxylic acids is 1. The second-order valence-corrected chi connectivity index (χ2v) is 6.03. The van der Waals surface area contributed by atoms with Crippen LogP contribution in [0.5, 0.6) is 0 Å². The first-order valence-corrected chi connectivity index (χ1v) is 8.18. The SMILES string of the molecule is CC[C@H]1CN(C(=O)NCc2cccc3cccnc23)C[C@H](C)O1. The van der Waals surface area contributed by atoms with Crippen molar-refractivity contribution in [1.29, 1.82) is 0 Å². The van der Waals surface area contributed by atoms with Crippen LogP contribution >= 0.6 is 0 Å². The highest BCUT2D eigenvalue weighted by atomic mass is 16.5. The molecule has 1 aromatic heterocycles. The number of aromatic nitrogens is 1. The van der Waals surface area contributed by atoms with E-state index >= 15 is 0 Å². The second kappa shape index (κ2) is 6.96. The summed E-state index contributed by atoms with van der Waals surface area (Å²) in [5.74, 6) is 0. The van der Waals surface area contributed by atoms with Crippen LogP contribution in [0.2, 0.25) is 0 Å². The van der Waals surface area contributed by atoms with Crippen LogP contribution < -0.4 is 5.32 Å². The zero-order valence-corrected chi connectivity index (χ0v) is 13.7. The molecule has 0 spiro atoms. The molecule has 1 aliphatic heterocycles. The Morgan fingerprint density at radius 1 is 1.35 bits per heavy atom. The van der Waals surface area contributed by atoms with Crippen molar-refractivity contribution in [1.82, 2.24) is 15.2 Å². The molecule has 2 aromatic rings. The van der Waals surface area contributed by atoms with Crippen LogP contribution in [-0.2, 0) is 11.3 Å². The summed E-state index contributed by atoms with van der Waals surface area (Å²) in [6.07, 6.45) is 2.91. The maximum atomic E-state index is 12.5. The van der Waals surface area contributed by atoms with Crippen molar-refractivity contribution in [2.24, 2.45) is 0 Å². The van der Waals surface area contributed by atoms with E-state index in [2.05, 4.69) is 17.2 Å². The van der Waals surface area contributed by atoms with E-state index in [-0.39, 0.29) is 18.2 Å². The maximum Gasteiger partial charge on any atom is 0.317 e. The van der Waals surface area contributed by atoms with E-state index in [4.69, 9.17) is 4.74 Å². The Balaban J connectivity index is 1.66. The van der Waals surface area contributed by atoms with Crippen LogP contribution in [0.3, 0.4) is 0 Å². The van der Waals surface area contributed by atoms with Crippen molar-refractivity contribution >= 4 is 16.9 Å².